The van der Waals surface area contributed by atoms with E-state index in [4.69, 9.17) is 4.52 Å². The molecule has 21 heavy (non-hydrogen) atoms. The number of nitrogens with zero attached hydrogens (tertiary/aromatic N) is 2. The molecule has 0 saturated carbocycles. The lowest BCUT2D eigenvalue weighted by Crippen LogP contribution is -2.38. The minimum Gasteiger partial charge on any atom is -0.359 e. The lowest BCUT2D eigenvalue weighted by atomic mass is 9.98. The molecule has 1 aliphatic rings. The molecule has 1 aromatic heterocycles. The van der Waals surface area contributed by atoms with Crippen LogP contribution in [0.3, 0.4) is 0 Å². The Morgan fingerprint density at radius 1 is 1.33 bits per heavy atom. The predicted octanol–water partition coefficient (Wildman–Crippen LogP) is 2.77. The third kappa shape index (κ3) is 3.71. The normalized spacial score (nSPS) is 19.8. The fraction of sp³-hybridized carbons (Fsp3) is 0.471. The Morgan fingerprint density at radius 3 is 3.00 bits per heavy atom. The van der Waals surface area contributed by atoms with E-state index in [-0.39, 0.29) is 0 Å². The van der Waals surface area contributed by atoms with Crippen LogP contribution in [0.4, 0.5) is 0 Å². The van der Waals surface area contributed by atoms with Crippen LogP contribution >= 0.6 is 0 Å². The minimum atomic E-state index is 0.750. The molecule has 1 unspecified atom stereocenters. The zero-order chi connectivity index (χ0) is 14.5. The fourth-order valence-corrected chi connectivity index (χ4v) is 3.10. The number of likely N-dealkylation sites (tertiary alicyclic amines) is 1. The molecule has 3 rings (SSSR count). The number of nitrogens with one attached hydrogen (secondary N) is 1. The van der Waals surface area contributed by atoms with Gasteiger partial charge in [-0.05, 0) is 38.9 Å². The van der Waals surface area contributed by atoms with E-state index in [1.807, 2.05) is 25.2 Å². The van der Waals surface area contributed by atoms with E-state index in [2.05, 4.69) is 33.6 Å². The molecule has 2 heterocycles. The van der Waals surface area contributed by atoms with Gasteiger partial charge in [0.05, 0.1) is 6.54 Å². The van der Waals surface area contributed by atoms with E-state index in [1.165, 1.54) is 12.8 Å². The molecule has 0 amide bonds. The Hall–Kier alpha value is -1.65. The van der Waals surface area contributed by atoms with Crippen LogP contribution in [0, 0.1) is 5.92 Å². The number of rotatable bonds is 5. The molecule has 4 heteroatoms. The van der Waals surface area contributed by atoms with Gasteiger partial charge in [0.1, 0.15) is 5.69 Å². The van der Waals surface area contributed by atoms with Crippen molar-refractivity contribution in [2.24, 2.45) is 5.92 Å². The first-order valence-electron chi connectivity index (χ1n) is 7.73. The van der Waals surface area contributed by atoms with Gasteiger partial charge in [-0.1, -0.05) is 35.5 Å². The first-order valence-corrected chi connectivity index (χ1v) is 7.73. The maximum Gasteiger partial charge on any atom is 0.151 e. The molecule has 2 aromatic rings. The topological polar surface area (TPSA) is 41.3 Å². The van der Waals surface area contributed by atoms with Gasteiger partial charge in [-0.25, -0.2) is 0 Å². The van der Waals surface area contributed by atoms with Crippen LogP contribution < -0.4 is 5.32 Å². The lowest BCUT2D eigenvalue weighted by molar-refractivity contribution is 0.152. The molecule has 1 fully saturated rings. The molecule has 1 N–H and O–H groups in total. The highest BCUT2D eigenvalue weighted by Gasteiger charge is 2.20. The highest BCUT2D eigenvalue weighted by atomic mass is 16.5. The van der Waals surface area contributed by atoms with Crippen LogP contribution in [0.2, 0.25) is 0 Å². The zero-order valence-corrected chi connectivity index (χ0v) is 12.6. The Morgan fingerprint density at radius 2 is 2.19 bits per heavy atom. The van der Waals surface area contributed by atoms with Crippen molar-refractivity contribution in [3.8, 4) is 11.3 Å². The van der Waals surface area contributed by atoms with Crippen molar-refractivity contribution < 1.29 is 4.52 Å². The molecule has 0 bridgehead atoms. The Balaban J connectivity index is 1.62. The van der Waals surface area contributed by atoms with Gasteiger partial charge in [-0.15, -0.1) is 0 Å². The predicted molar refractivity (Wildman–Crippen MR) is 83.9 cm³/mol. The second kappa shape index (κ2) is 6.87. The second-order valence-corrected chi connectivity index (χ2v) is 5.85. The first-order chi connectivity index (χ1) is 10.3. The van der Waals surface area contributed by atoms with Gasteiger partial charge in [0.25, 0.3) is 0 Å². The van der Waals surface area contributed by atoms with Crippen molar-refractivity contribution in [2.75, 3.05) is 26.7 Å². The highest BCUT2D eigenvalue weighted by Crippen LogP contribution is 2.22. The van der Waals surface area contributed by atoms with E-state index < -0.39 is 0 Å². The Bertz CT molecular complexity index is 550. The highest BCUT2D eigenvalue weighted by molar-refractivity contribution is 5.58. The summed E-state index contributed by atoms with van der Waals surface area (Å²) in [4.78, 5) is 2.47. The molecule has 4 nitrogen and oxygen atoms in total. The average molecular weight is 285 g/mol. The van der Waals surface area contributed by atoms with Gasteiger partial charge in [-0.3, -0.25) is 4.90 Å². The number of hydrogen-bond acceptors (Lipinski definition) is 4. The molecule has 1 aromatic carbocycles. The van der Waals surface area contributed by atoms with Gasteiger partial charge in [0, 0.05) is 18.2 Å². The number of hydrogen-bond donors (Lipinski definition) is 1. The monoisotopic (exact) mass is 285 g/mol. The van der Waals surface area contributed by atoms with Crippen LogP contribution in [0.15, 0.2) is 40.9 Å². The van der Waals surface area contributed by atoms with Crippen LogP contribution in [0.1, 0.15) is 18.6 Å². The Labute approximate surface area is 126 Å². The first kappa shape index (κ1) is 14.3. The van der Waals surface area contributed by atoms with Crippen molar-refractivity contribution in [2.45, 2.75) is 19.4 Å². The summed E-state index contributed by atoms with van der Waals surface area (Å²) in [5.41, 5.74) is 2.04. The third-order valence-electron chi connectivity index (χ3n) is 4.10. The van der Waals surface area contributed by atoms with Crippen molar-refractivity contribution in [3.05, 3.63) is 42.2 Å². The standard InChI is InChI=1S/C17H23N3O/c1-18-11-14-6-5-9-20(12-14)13-16-10-17(19-21-16)15-7-3-2-4-8-15/h2-4,7-8,10,14,18H,5-6,9,11-13H2,1H3. The van der Waals surface area contributed by atoms with Crippen molar-refractivity contribution in [1.29, 1.82) is 0 Å². The van der Waals surface area contributed by atoms with Gasteiger partial charge in [0.2, 0.25) is 0 Å². The number of aromatic nitrogens is 1. The molecule has 1 saturated heterocycles. The van der Waals surface area contributed by atoms with E-state index in [0.29, 0.717) is 0 Å². The largest absolute Gasteiger partial charge is 0.359 e. The average Bonchev–Trinajstić information content (AvgIpc) is 2.97. The third-order valence-corrected chi connectivity index (χ3v) is 4.10. The molecule has 1 aliphatic heterocycles. The van der Waals surface area contributed by atoms with Gasteiger partial charge >= 0.3 is 0 Å². The van der Waals surface area contributed by atoms with Crippen molar-refractivity contribution >= 4 is 0 Å². The fourth-order valence-electron chi connectivity index (χ4n) is 3.10. The molecule has 112 valence electrons. The molecule has 0 spiro atoms. The molecular formula is C17H23N3O. The summed E-state index contributed by atoms with van der Waals surface area (Å²) in [5, 5.41) is 7.48. The smallest absolute Gasteiger partial charge is 0.151 e. The quantitative estimate of drug-likeness (QED) is 0.917. The van der Waals surface area contributed by atoms with Gasteiger partial charge in [0.15, 0.2) is 5.76 Å². The van der Waals surface area contributed by atoms with Crippen LogP contribution in [-0.2, 0) is 6.54 Å². The van der Waals surface area contributed by atoms with Gasteiger partial charge < -0.3 is 9.84 Å². The summed E-state index contributed by atoms with van der Waals surface area (Å²) >= 11 is 0. The summed E-state index contributed by atoms with van der Waals surface area (Å²) in [7, 11) is 2.03. The SMILES string of the molecule is CNCC1CCCN(Cc2cc(-c3ccccc3)no2)C1. The van der Waals surface area contributed by atoms with Crippen molar-refractivity contribution in [1.82, 2.24) is 15.4 Å². The Kier molecular flexibility index (Phi) is 4.68. The summed E-state index contributed by atoms with van der Waals surface area (Å²) in [6.07, 6.45) is 2.59. The molecule has 1 atom stereocenters. The summed E-state index contributed by atoms with van der Waals surface area (Å²) in [6, 6.07) is 12.3. The zero-order valence-electron chi connectivity index (χ0n) is 12.6. The molecular weight excluding hydrogens is 262 g/mol. The number of benzene rings is 1. The molecule has 0 radical (unpaired) electrons. The number of piperidine rings is 1. The summed E-state index contributed by atoms with van der Waals surface area (Å²) in [5.74, 6) is 1.71. The van der Waals surface area contributed by atoms with E-state index >= 15 is 0 Å². The minimum absolute atomic E-state index is 0.750. The van der Waals surface area contributed by atoms with Gasteiger partial charge in [-0.2, -0.15) is 0 Å². The van der Waals surface area contributed by atoms with E-state index in [9.17, 15) is 0 Å². The maximum absolute atomic E-state index is 5.51. The van der Waals surface area contributed by atoms with E-state index in [1.54, 1.807) is 0 Å². The molecule has 0 aliphatic carbocycles. The maximum atomic E-state index is 5.51. The summed E-state index contributed by atoms with van der Waals surface area (Å²) < 4.78 is 5.51. The lowest BCUT2D eigenvalue weighted by Gasteiger charge is -2.31. The van der Waals surface area contributed by atoms with Crippen LogP contribution in [0.25, 0.3) is 11.3 Å². The van der Waals surface area contributed by atoms with Crippen LogP contribution in [0.5, 0.6) is 0 Å². The van der Waals surface area contributed by atoms with Crippen LogP contribution in [-0.4, -0.2) is 36.7 Å². The second-order valence-electron chi connectivity index (χ2n) is 5.85. The van der Waals surface area contributed by atoms with Crippen molar-refractivity contribution in [3.63, 3.8) is 0 Å². The summed E-state index contributed by atoms with van der Waals surface area (Å²) in [6.45, 7) is 4.26. The van der Waals surface area contributed by atoms with E-state index in [0.717, 1.165) is 49.1 Å².